The molecule has 0 aliphatic carbocycles. The van der Waals surface area contributed by atoms with E-state index >= 15 is 0 Å². The van der Waals surface area contributed by atoms with E-state index in [0.717, 1.165) is 37.6 Å². The first-order valence-corrected chi connectivity index (χ1v) is 8.85. The monoisotopic (exact) mass is 317 g/mol. The summed E-state index contributed by atoms with van der Waals surface area (Å²) in [5.74, 6) is 0.981. The third-order valence-corrected chi connectivity index (χ3v) is 4.76. The summed E-state index contributed by atoms with van der Waals surface area (Å²) in [7, 11) is 0. The number of hydrogen-bond donors (Lipinski definition) is 3. The van der Waals surface area contributed by atoms with E-state index in [1.165, 1.54) is 18.4 Å². The van der Waals surface area contributed by atoms with Crippen LogP contribution in [0.15, 0.2) is 18.2 Å². The Bertz CT molecular complexity index is 538. The van der Waals surface area contributed by atoms with Gasteiger partial charge in [-0.3, -0.25) is 0 Å². The second-order valence-corrected chi connectivity index (χ2v) is 8.31. The Kier molecular flexibility index (Phi) is 4.56. The molecule has 0 aromatic heterocycles. The normalized spacial score (nSPS) is 22.8. The molecule has 2 aliphatic rings. The van der Waals surface area contributed by atoms with Crippen LogP contribution in [-0.2, 0) is 6.42 Å². The first-order valence-electron chi connectivity index (χ1n) is 8.85. The Hall–Kier alpha value is -1.26. The number of rotatable bonds is 4. The maximum atomic E-state index is 5.64. The van der Waals surface area contributed by atoms with E-state index < -0.39 is 0 Å². The molecule has 3 rings (SSSR count). The molecule has 2 aliphatic heterocycles. The van der Waals surface area contributed by atoms with Gasteiger partial charge in [0.1, 0.15) is 12.4 Å². The summed E-state index contributed by atoms with van der Waals surface area (Å²) < 4.78 is 5.64. The Morgan fingerprint density at radius 1 is 1.17 bits per heavy atom. The van der Waals surface area contributed by atoms with Gasteiger partial charge < -0.3 is 20.7 Å². The van der Waals surface area contributed by atoms with Crippen LogP contribution in [0.2, 0.25) is 0 Å². The molecule has 2 heterocycles. The number of fused-ring (bicyclic) bond motifs is 1. The van der Waals surface area contributed by atoms with Crippen LogP contribution in [0.4, 0.5) is 5.69 Å². The molecule has 0 unspecified atom stereocenters. The van der Waals surface area contributed by atoms with Crippen LogP contribution in [0.1, 0.15) is 46.1 Å². The minimum atomic E-state index is 0.201. The van der Waals surface area contributed by atoms with Crippen LogP contribution in [0, 0.1) is 0 Å². The predicted molar refractivity (Wildman–Crippen MR) is 96.4 cm³/mol. The van der Waals surface area contributed by atoms with E-state index in [2.05, 4.69) is 61.8 Å². The highest BCUT2D eigenvalue weighted by molar-refractivity contribution is 5.59. The number of anilines is 1. The van der Waals surface area contributed by atoms with Crippen molar-refractivity contribution in [1.82, 2.24) is 10.6 Å². The predicted octanol–water partition coefficient (Wildman–Crippen LogP) is 2.93. The molecule has 4 heteroatoms. The molecule has 1 aromatic rings. The first kappa shape index (κ1) is 16.6. The van der Waals surface area contributed by atoms with Crippen LogP contribution in [0.25, 0.3) is 0 Å². The van der Waals surface area contributed by atoms with Gasteiger partial charge in [-0.25, -0.2) is 0 Å². The lowest BCUT2D eigenvalue weighted by molar-refractivity contribution is 0.147. The number of nitrogens with one attached hydrogen (secondary N) is 3. The number of ether oxygens (including phenoxy) is 1. The van der Waals surface area contributed by atoms with Gasteiger partial charge in [-0.15, -0.1) is 0 Å². The molecule has 0 spiro atoms. The van der Waals surface area contributed by atoms with E-state index in [4.69, 9.17) is 4.74 Å². The topological polar surface area (TPSA) is 45.3 Å². The number of benzene rings is 1. The van der Waals surface area contributed by atoms with Gasteiger partial charge in [-0.2, -0.15) is 0 Å². The molecular weight excluding hydrogens is 286 g/mol. The Labute approximate surface area is 140 Å². The summed E-state index contributed by atoms with van der Waals surface area (Å²) >= 11 is 0. The maximum Gasteiger partial charge on any atom is 0.142 e. The molecule has 128 valence electrons. The first-order chi connectivity index (χ1) is 10.8. The van der Waals surface area contributed by atoms with Crippen LogP contribution >= 0.6 is 0 Å². The lowest BCUT2D eigenvalue weighted by atomic mass is 9.79. The average molecular weight is 317 g/mol. The molecule has 0 radical (unpaired) electrons. The highest BCUT2D eigenvalue weighted by Gasteiger charge is 2.37. The zero-order valence-corrected chi connectivity index (χ0v) is 15.0. The lowest BCUT2D eigenvalue weighted by Crippen LogP contribution is -2.61. The van der Waals surface area contributed by atoms with Crippen molar-refractivity contribution < 1.29 is 4.74 Å². The summed E-state index contributed by atoms with van der Waals surface area (Å²) in [5, 5.41) is 10.9. The van der Waals surface area contributed by atoms with E-state index in [0.29, 0.717) is 6.04 Å². The van der Waals surface area contributed by atoms with Crippen molar-refractivity contribution >= 4 is 5.69 Å². The summed E-state index contributed by atoms with van der Waals surface area (Å²) in [6.45, 7) is 11.9. The fraction of sp³-hybridized carbons (Fsp3) is 0.684. The fourth-order valence-electron chi connectivity index (χ4n) is 4.23. The van der Waals surface area contributed by atoms with Crippen molar-refractivity contribution in [3.05, 3.63) is 23.8 Å². The summed E-state index contributed by atoms with van der Waals surface area (Å²) in [5.41, 5.74) is 2.90. The molecule has 1 aromatic carbocycles. The Morgan fingerprint density at radius 3 is 2.65 bits per heavy atom. The summed E-state index contributed by atoms with van der Waals surface area (Å²) in [6.07, 6.45) is 3.41. The maximum absolute atomic E-state index is 5.64. The van der Waals surface area contributed by atoms with Crippen LogP contribution in [0.5, 0.6) is 5.75 Å². The van der Waals surface area contributed by atoms with Crippen molar-refractivity contribution in [3.8, 4) is 5.75 Å². The molecule has 1 saturated heterocycles. The SMILES string of the molecule is CC1(C)CC(NCCc2ccc3c(c2)NCCO3)CC(C)(C)N1. The largest absolute Gasteiger partial charge is 0.490 e. The molecule has 3 N–H and O–H groups in total. The van der Waals surface area contributed by atoms with Crippen LogP contribution in [0.3, 0.4) is 0 Å². The molecule has 0 atom stereocenters. The fourth-order valence-corrected chi connectivity index (χ4v) is 4.23. The van der Waals surface area contributed by atoms with Crippen LogP contribution < -0.4 is 20.7 Å². The second kappa shape index (κ2) is 6.33. The highest BCUT2D eigenvalue weighted by Crippen LogP contribution is 2.29. The van der Waals surface area contributed by atoms with Crippen LogP contribution in [-0.4, -0.2) is 36.8 Å². The van der Waals surface area contributed by atoms with Gasteiger partial charge in [-0.05, 0) is 71.2 Å². The van der Waals surface area contributed by atoms with E-state index in [1.54, 1.807) is 0 Å². The van der Waals surface area contributed by atoms with E-state index in [-0.39, 0.29) is 11.1 Å². The van der Waals surface area contributed by atoms with E-state index in [1.807, 2.05) is 0 Å². The van der Waals surface area contributed by atoms with Crippen molar-refractivity contribution in [2.45, 2.75) is 64.1 Å². The van der Waals surface area contributed by atoms with Crippen molar-refractivity contribution in [3.63, 3.8) is 0 Å². The average Bonchev–Trinajstić information content (AvgIpc) is 2.44. The Balaban J connectivity index is 1.53. The third-order valence-electron chi connectivity index (χ3n) is 4.76. The minimum absolute atomic E-state index is 0.201. The zero-order valence-electron chi connectivity index (χ0n) is 15.0. The molecule has 4 nitrogen and oxygen atoms in total. The third kappa shape index (κ3) is 4.39. The van der Waals surface area contributed by atoms with E-state index in [9.17, 15) is 0 Å². The molecule has 0 amide bonds. The molecule has 1 fully saturated rings. The van der Waals surface area contributed by atoms with Gasteiger partial charge in [0.15, 0.2) is 0 Å². The quantitative estimate of drug-likeness (QED) is 0.799. The van der Waals surface area contributed by atoms with Gasteiger partial charge in [-0.1, -0.05) is 6.07 Å². The van der Waals surface area contributed by atoms with Crippen molar-refractivity contribution in [1.29, 1.82) is 0 Å². The molecule has 23 heavy (non-hydrogen) atoms. The van der Waals surface area contributed by atoms with Gasteiger partial charge in [0.05, 0.1) is 5.69 Å². The molecule has 0 saturated carbocycles. The smallest absolute Gasteiger partial charge is 0.142 e. The summed E-state index contributed by atoms with van der Waals surface area (Å²) in [6, 6.07) is 7.09. The lowest BCUT2D eigenvalue weighted by Gasteiger charge is -2.46. The van der Waals surface area contributed by atoms with Gasteiger partial charge in [0, 0.05) is 23.7 Å². The summed E-state index contributed by atoms with van der Waals surface area (Å²) in [4.78, 5) is 0. The standard InChI is InChI=1S/C19H31N3O/c1-18(2)12-15(13-19(3,4)22-18)20-8-7-14-5-6-17-16(11-14)21-9-10-23-17/h5-6,11,15,20-22H,7-10,12-13H2,1-4H3. The van der Waals surface area contributed by atoms with Crippen molar-refractivity contribution in [2.24, 2.45) is 0 Å². The Morgan fingerprint density at radius 2 is 1.91 bits per heavy atom. The molecular formula is C19H31N3O. The highest BCUT2D eigenvalue weighted by atomic mass is 16.5. The second-order valence-electron chi connectivity index (χ2n) is 8.31. The van der Waals surface area contributed by atoms with Gasteiger partial charge in [0.25, 0.3) is 0 Å². The minimum Gasteiger partial charge on any atom is -0.490 e. The molecule has 0 bridgehead atoms. The number of hydrogen-bond acceptors (Lipinski definition) is 4. The zero-order chi connectivity index (χ0) is 16.5. The van der Waals surface area contributed by atoms with Crippen molar-refractivity contribution in [2.75, 3.05) is 25.0 Å². The number of piperidine rings is 1. The van der Waals surface area contributed by atoms with Gasteiger partial charge in [0.2, 0.25) is 0 Å². The van der Waals surface area contributed by atoms with Gasteiger partial charge >= 0.3 is 0 Å².